The summed E-state index contributed by atoms with van der Waals surface area (Å²) in [4.78, 5) is 11.5. The van der Waals surface area contributed by atoms with E-state index in [2.05, 4.69) is 22.7 Å². The van der Waals surface area contributed by atoms with Crippen LogP contribution in [0.3, 0.4) is 0 Å². The fraction of sp³-hybridized carbons (Fsp3) is 0.667. The van der Waals surface area contributed by atoms with Gasteiger partial charge in [0.2, 0.25) is 5.91 Å². The van der Waals surface area contributed by atoms with Crippen molar-refractivity contribution in [3.8, 4) is 0 Å². The van der Waals surface area contributed by atoms with Gasteiger partial charge in [-0.15, -0.1) is 0 Å². The Morgan fingerprint density at radius 3 is 2.89 bits per heavy atom. The fourth-order valence-corrected chi connectivity index (χ4v) is 1.53. The molecule has 0 aliphatic carbocycles. The zero-order valence-electron chi connectivity index (χ0n) is 11.2. The summed E-state index contributed by atoms with van der Waals surface area (Å²) >= 11 is 0. The molecule has 0 aliphatic rings. The van der Waals surface area contributed by atoms with Crippen molar-refractivity contribution in [3.63, 3.8) is 0 Å². The van der Waals surface area contributed by atoms with Gasteiger partial charge < -0.3 is 15.4 Å². The van der Waals surface area contributed by atoms with Crippen LogP contribution in [0.25, 0.3) is 0 Å². The molecular weight excluding hydrogens is 232 g/mol. The third kappa shape index (κ3) is 4.85. The van der Waals surface area contributed by atoms with Gasteiger partial charge in [0.25, 0.3) is 0 Å². The van der Waals surface area contributed by atoms with Crippen LogP contribution in [0, 0.1) is 0 Å². The second-order valence-corrected chi connectivity index (χ2v) is 4.24. The van der Waals surface area contributed by atoms with E-state index in [1.54, 1.807) is 13.3 Å². The molecule has 1 aromatic heterocycles. The number of ether oxygens (including phenoxy) is 1. The van der Waals surface area contributed by atoms with E-state index in [1.165, 1.54) is 0 Å². The van der Waals surface area contributed by atoms with Crippen molar-refractivity contribution in [1.82, 2.24) is 20.4 Å². The molecule has 0 radical (unpaired) electrons. The Bertz CT molecular complexity index is 340. The minimum Gasteiger partial charge on any atom is -0.383 e. The number of carbonyl (C=O) groups excluding carboxylic acids is 1. The molecule has 0 unspecified atom stereocenters. The van der Waals surface area contributed by atoms with Gasteiger partial charge in [-0.1, -0.05) is 0 Å². The van der Waals surface area contributed by atoms with Gasteiger partial charge in [0.1, 0.15) is 0 Å². The molecule has 18 heavy (non-hydrogen) atoms. The van der Waals surface area contributed by atoms with Crippen LogP contribution in [0.15, 0.2) is 18.5 Å². The summed E-state index contributed by atoms with van der Waals surface area (Å²) in [7, 11) is 1.61. The maximum absolute atomic E-state index is 11.5. The molecule has 6 nitrogen and oxygen atoms in total. The number of hydrogen-bond acceptors (Lipinski definition) is 4. The van der Waals surface area contributed by atoms with E-state index in [0.29, 0.717) is 19.7 Å². The first-order chi connectivity index (χ1) is 8.65. The number of aromatic nitrogens is 2. The Labute approximate surface area is 108 Å². The predicted molar refractivity (Wildman–Crippen MR) is 69.3 cm³/mol. The highest BCUT2D eigenvalue weighted by molar-refractivity contribution is 5.77. The van der Waals surface area contributed by atoms with Gasteiger partial charge in [0.05, 0.1) is 19.2 Å². The first-order valence-electron chi connectivity index (χ1n) is 6.13. The zero-order chi connectivity index (χ0) is 13.4. The van der Waals surface area contributed by atoms with Crippen LogP contribution in [0.1, 0.15) is 19.9 Å². The minimum atomic E-state index is -0.0217. The third-order valence-corrected chi connectivity index (χ3v) is 2.88. The lowest BCUT2D eigenvalue weighted by Gasteiger charge is -2.21. The van der Waals surface area contributed by atoms with Gasteiger partial charge in [-0.2, -0.15) is 5.10 Å². The van der Waals surface area contributed by atoms with Crippen molar-refractivity contribution in [1.29, 1.82) is 0 Å². The fourth-order valence-electron chi connectivity index (χ4n) is 1.53. The van der Waals surface area contributed by atoms with Crippen LogP contribution in [0.2, 0.25) is 0 Å². The zero-order valence-corrected chi connectivity index (χ0v) is 11.2. The molecule has 0 aliphatic heterocycles. The number of hydrogen-bond donors (Lipinski definition) is 2. The SMILES string of the molecule is COCCNC(=O)CN[C@H](C)[C@@H](C)n1cccn1. The van der Waals surface area contributed by atoms with E-state index < -0.39 is 0 Å². The molecule has 0 aromatic carbocycles. The van der Waals surface area contributed by atoms with Crippen LogP contribution >= 0.6 is 0 Å². The number of rotatable bonds is 8. The van der Waals surface area contributed by atoms with E-state index >= 15 is 0 Å². The molecular formula is C12H22N4O2. The number of amides is 1. The van der Waals surface area contributed by atoms with E-state index in [1.807, 2.05) is 23.9 Å². The van der Waals surface area contributed by atoms with Crippen molar-refractivity contribution in [2.45, 2.75) is 25.9 Å². The number of methoxy groups -OCH3 is 1. The number of nitrogens with one attached hydrogen (secondary N) is 2. The second kappa shape index (κ2) is 7.84. The number of carbonyl (C=O) groups is 1. The quantitative estimate of drug-likeness (QED) is 0.650. The Hall–Kier alpha value is -1.40. The van der Waals surface area contributed by atoms with Crippen molar-refractivity contribution in [2.24, 2.45) is 0 Å². The van der Waals surface area contributed by atoms with Crippen LogP contribution < -0.4 is 10.6 Å². The van der Waals surface area contributed by atoms with Crippen molar-refractivity contribution < 1.29 is 9.53 Å². The third-order valence-electron chi connectivity index (χ3n) is 2.88. The molecule has 1 amide bonds. The highest BCUT2D eigenvalue weighted by Crippen LogP contribution is 2.08. The van der Waals surface area contributed by atoms with Gasteiger partial charge in [-0.3, -0.25) is 9.48 Å². The van der Waals surface area contributed by atoms with Crippen molar-refractivity contribution in [2.75, 3.05) is 26.8 Å². The van der Waals surface area contributed by atoms with Gasteiger partial charge >= 0.3 is 0 Å². The molecule has 0 saturated heterocycles. The van der Waals surface area contributed by atoms with Gasteiger partial charge in [0, 0.05) is 32.1 Å². The largest absolute Gasteiger partial charge is 0.383 e. The lowest BCUT2D eigenvalue weighted by atomic mass is 10.2. The monoisotopic (exact) mass is 254 g/mol. The normalized spacial score (nSPS) is 14.2. The maximum Gasteiger partial charge on any atom is 0.234 e. The number of nitrogens with zero attached hydrogens (tertiary/aromatic N) is 2. The highest BCUT2D eigenvalue weighted by Gasteiger charge is 2.14. The summed E-state index contributed by atoms with van der Waals surface area (Å²) in [6, 6.07) is 2.26. The Kier molecular flexibility index (Phi) is 6.38. The summed E-state index contributed by atoms with van der Waals surface area (Å²) in [6.45, 7) is 5.48. The van der Waals surface area contributed by atoms with Crippen LogP contribution in [0.4, 0.5) is 0 Å². The highest BCUT2D eigenvalue weighted by atomic mass is 16.5. The smallest absolute Gasteiger partial charge is 0.234 e. The summed E-state index contributed by atoms with van der Waals surface area (Å²) in [6.07, 6.45) is 3.67. The first-order valence-corrected chi connectivity index (χ1v) is 6.13. The molecule has 102 valence electrons. The first kappa shape index (κ1) is 14.7. The van der Waals surface area contributed by atoms with E-state index in [9.17, 15) is 4.79 Å². The molecule has 1 rings (SSSR count). The van der Waals surface area contributed by atoms with Gasteiger partial charge in [0.15, 0.2) is 0 Å². The Balaban J connectivity index is 2.24. The standard InChI is InChI=1S/C12H22N4O2/c1-10(11(2)16-7-4-5-15-16)14-9-12(17)13-6-8-18-3/h4-5,7,10-11,14H,6,8-9H2,1-3H3,(H,13,17)/t10-,11-/m1/s1. The average Bonchev–Trinajstić information content (AvgIpc) is 2.89. The predicted octanol–water partition coefficient (Wildman–Crippen LogP) is 0.185. The molecule has 2 atom stereocenters. The van der Waals surface area contributed by atoms with Crippen LogP contribution in [-0.2, 0) is 9.53 Å². The summed E-state index contributed by atoms with van der Waals surface area (Å²) in [5.74, 6) is -0.0217. The molecule has 0 bridgehead atoms. The van der Waals surface area contributed by atoms with Gasteiger partial charge in [-0.25, -0.2) is 0 Å². The Morgan fingerprint density at radius 2 is 2.28 bits per heavy atom. The molecule has 0 saturated carbocycles. The topological polar surface area (TPSA) is 68.2 Å². The van der Waals surface area contributed by atoms with Crippen molar-refractivity contribution in [3.05, 3.63) is 18.5 Å². The minimum absolute atomic E-state index is 0.0217. The van der Waals surface area contributed by atoms with E-state index in [4.69, 9.17) is 4.74 Å². The molecule has 6 heteroatoms. The second-order valence-electron chi connectivity index (χ2n) is 4.24. The van der Waals surface area contributed by atoms with Crippen LogP contribution in [-0.4, -0.2) is 48.5 Å². The maximum atomic E-state index is 11.5. The Morgan fingerprint density at radius 1 is 1.50 bits per heavy atom. The van der Waals surface area contributed by atoms with E-state index in [-0.39, 0.29) is 18.0 Å². The molecule has 0 spiro atoms. The van der Waals surface area contributed by atoms with Gasteiger partial charge in [-0.05, 0) is 19.9 Å². The molecule has 2 N–H and O–H groups in total. The van der Waals surface area contributed by atoms with Crippen LogP contribution in [0.5, 0.6) is 0 Å². The summed E-state index contributed by atoms with van der Waals surface area (Å²) in [5.41, 5.74) is 0. The average molecular weight is 254 g/mol. The molecule has 0 fully saturated rings. The lowest BCUT2D eigenvalue weighted by molar-refractivity contribution is -0.120. The summed E-state index contributed by atoms with van der Waals surface area (Å²) in [5, 5.41) is 10.1. The van der Waals surface area contributed by atoms with E-state index in [0.717, 1.165) is 0 Å². The lowest BCUT2D eigenvalue weighted by Crippen LogP contribution is -2.41. The molecule has 1 aromatic rings. The molecule has 1 heterocycles. The van der Waals surface area contributed by atoms with Crippen molar-refractivity contribution >= 4 is 5.91 Å². The summed E-state index contributed by atoms with van der Waals surface area (Å²) < 4.78 is 6.73.